The highest BCUT2D eigenvalue weighted by atomic mass is 16.4. The number of fused-ring (bicyclic) bond motifs is 1. The topological polar surface area (TPSA) is 74.7 Å². The molecule has 3 rings (SSSR count). The summed E-state index contributed by atoms with van der Waals surface area (Å²) in [4.78, 5) is 37.3. The van der Waals surface area contributed by atoms with Crippen molar-refractivity contribution in [3.05, 3.63) is 29.3 Å². The first kappa shape index (κ1) is 14.8. The van der Waals surface area contributed by atoms with E-state index in [0.29, 0.717) is 23.6 Å². The van der Waals surface area contributed by atoms with Gasteiger partial charge in [-0.2, -0.15) is 0 Å². The van der Waals surface area contributed by atoms with Crippen LogP contribution in [0.2, 0.25) is 0 Å². The standard InChI is InChI=1S/C17H19NO4/c1-10-6-7-12-13(8-10)18(16(20)15(12)19)14(17(21)22)9-11-4-2-3-5-11/h6-8,11,14H,2-5,9H2,1H3,(H,21,22). The van der Waals surface area contributed by atoms with Crippen LogP contribution in [0.15, 0.2) is 18.2 Å². The van der Waals surface area contributed by atoms with Crippen LogP contribution >= 0.6 is 0 Å². The van der Waals surface area contributed by atoms with Crippen molar-refractivity contribution in [2.45, 2.75) is 45.1 Å². The molecule has 1 atom stereocenters. The lowest BCUT2D eigenvalue weighted by molar-refractivity contribution is -0.140. The molecule has 1 aromatic rings. The summed E-state index contributed by atoms with van der Waals surface area (Å²) in [5.41, 5.74) is 1.66. The number of hydrogen-bond acceptors (Lipinski definition) is 3. The second kappa shape index (κ2) is 5.55. The van der Waals surface area contributed by atoms with Crippen molar-refractivity contribution in [3.63, 3.8) is 0 Å². The van der Waals surface area contributed by atoms with Crippen molar-refractivity contribution < 1.29 is 19.5 Å². The van der Waals surface area contributed by atoms with Crippen molar-refractivity contribution in [2.24, 2.45) is 5.92 Å². The summed E-state index contributed by atoms with van der Waals surface area (Å²) in [6.45, 7) is 1.86. The van der Waals surface area contributed by atoms with Crippen LogP contribution < -0.4 is 4.90 Å². The van der Waals surface area contributed by atoms with Gasteiger partial charge in [0.2, 0.25) is 0 Å². The summed E-state index contributed by atoms with van der Waals surface area (Å²) >= 11 is 0. The highest BCUT2D eigenvalue weighted by Crippen LogP contribution is 2.36. The molecular weight excluding hydrogens is 282 g/mol. The number of carbonyl (C=O) groups is 3. The number of carboxylic acid groups (broad SMARTS) is 1. The van der Waals surface area contributed by atoms with Crippen molar-refractivity contribution >= 4 is 23.3 Å². The van der Waals surface area contributed by atoms with E-state index in [1.165, 1.54) is 4.90 Å². The Morgan fingerprint density at radius 1 is 1.32 bits per heavy atom. The van der Waals surface area contributed by atoms with E-state index in [4.69, 9.17) is 0 Å². The molecule has 0 radical (unpaired) electrons. The second-order valence-electron chi connectivity index (χ2n) is 6.27. The van der Waals surface area contributed by atoms with Crippen LogP contribution in [0.25, 0.3) is 0 Å². The van der Waals surface area contributed by atoms with Gasteiger partial charge < -0.3 is 5.11 Å². The monoisotopic (exact) mass is 301 g/mol. The van der Waals surface area contributed by atoms with Gasteiger partial charge in [-0.25, -0.2) is 4.79 Å². The molecule has 0 aromatic heterocycles. The molecule has 0 spiro atoms. The lowest BCUT2D eigenvalue weighted by Crippen LogP contribution is -2.45. The molecule has 0 bridgehead atoms. The Hall–Kier alpha value is -2.17. The Kier molecular flexibility index (Phi) is 3.72. The molecule has 0 saturated heterocycles. The highest BCUT2D eigenvalue weighted by Gasteiger charge is 2.43. The molecule has 5 heteroatoms. The molecule has 1 fully saturated rings. The summed E-state index contributed by atoms with van der Waals surface area (Å²) in [5.74, 6) is -2.04. The lowest BCUT2D eigenvalue weighted by Gasteiger charge is -2.26. The molecule has 1 aromatic carbocycles. The molecule has 1 heterocycles. The Bertz CT molecular complexity index is 646. The minimum atomic E-state index is -1.04. The number of ketones is 1. The van der Waals surface area contributed by atoms with Crippen molar-refractivity contribution in [1.29, 1.82) is 0 Å². The molecule has 1 amide bonds. The van der Waals surface area contributed by atoms with E-state index >= 15 is 0 Å². The van der Waals surface area contributed by atoms with E-state index in [1.54, 1.807) is 18.2 Å². The molecule has 116 valence electrons. The average molecular weight is 301 g/mol. The first-order valence-electron chi connectivity index (χ1n) is 7.70. The normalized spacial score (nSPS) is 19.6. The first-order chi connectivity index (χ1) is 10.5. The summed E-state index contributed by atoms with van der Waals surface area (Å²) in [6.07, 6.45) is 4.64. The van der Waals surface area contributed by atoms with Gasteiger partial charge in [0.05, 0.1) is 11.3 Å². The minimum absolute atomic E-state index is 0.313. The summed E-state index contributed by atoms with van der Waals surface area (Å²) in [7, 11) is 0. The number of hydrogen-bond donors (Lipinski definition) is 1. The maximum atomic E-state index is 12.3. The fourth-order valence-electron chi connectivity index (χ4n) is 3.55. The highest BCUT2D eigenvalue weighted by molar-refractivity contribution is 6.52. The third kappa shape index (κ3) is 2.40. The summed E-state index contributed by atoms with van der Waals surface area (Å²) in [6, 6.07) is 4.14. The summed E-state index contributed by atoms with van der Waals surface area (Å²) < 4.78 is 0. The predicted octanol–water partition coefficient (Wildman–Crippen LogP) is 2.56. The number of aliphatic carboxylic acids is 1. The van der Waals surface area contributed by atoms with Crippen molar-refractivity contribution in [2.75, 3.05) is 4.90 Å². The Morgan fingerprint density at radius 2 is 2.00 bits per heavy atom. The van der Waals surface area contributed by atoms with Crippen LogP contribution in [0.4, 0.5) is 5.69 Å². The molecule has 2 aliphatic rings. The van der Waals surface area contributed by atoms with Crippen LogP contribution in [0.5, 0.6) is 0 Å². The summed E-state index contributed by atoms with van der Waals surface area (Å²) in [5, 5.41) is 9.59. The van der Waals surface area contributed by atoms with Gasteiger partial charge in [0.1, 0.15) is 6.04 Å². The number of rotatable bonds is 4. The van der Waals surface area contributed by atoms with E-state index in [-0.39, 0.29) is 0 Å². The predicted molar refractivity (Wildman–Crippen MR) is 81.0 cm³/mol. The molecule has 22 heavy (non-hydrogen) atoms. The maximum Gasteiger partial charge on any atom is 0.326 e. The zero-order valence-corrected chi connectivity index (χ0v) is 12.5. The van der Waals surface area contributed by atoms with Gasteiger partial charge in [-0.3, -0.25) is 14.5 Å². The number of nitrogens with zero attached hydrogens (tertiary/aromatic N) is 1. The van der Waals surface area contributed by atoms with E-state index in [9.17, 15) is 19.5 Å². The lowest BCUT2D eigenvalue weighted by atomic mass is 9.97. The number of Topliss-reactive ketones (excluding diaryl/α,β-unsaturated/α-hetero) is 1. The fraction of sp³-hybridized carbons (Fsp3) is 0.471. The quantitative estimate of drug-likeness (QED) is 0.867. The van der Waals surface area contributed by atoms with Gasteiger partial charge in [-0.15, -0.1) is 0 Å². The molecular formula is C17H19NO4. The Labute approximate surface area is 128 Å². The number of carbonyl (C=O) groups excluding carboxylic acids is 2. The first-order valence-corrected chi connectivity index (χ1v) is 7.70. The van der Waals surface area contributed by atoms with Crippen molar-refractivity contribution in [1.82, 2.24) is 0 Å². The third-order valence-corrected chi connectivity index (χ3v) is 4.70. The van der Waals surface area contributed by atoms with E-state index in [1.807, 2.05) is 6.92 Å². The van der Waals surface area contributed by atoms with Gasteiger partial charge in [-0.1, -0.05) is 31.7 Å². The SMILES string of the molecule is Cc1ccc2c(c1)N(C(CC1CCCC1)C(=O)O)C(=O)C2=O. The zero-order valence-electron chi connectivity index (χ0n) is 12.5. The van der Waals surface area contributed by atoms with E-state index in [2.05, 4.69) is 0 Å². The van der Waals surface area contributed by atoms with E-state index in [0.717, 1.165) is 31.2 Å². The van der Waals surface area contributed by atoms with Crippen molar-refractivity contribution in [3.8, 4) is 0 Å². The average Bonchev–Trinajstić information content (AvgIpc) is 3.05. The number of benzene rings is 1. The number of anilines is 1. The number of aryl methyl sites for hydroxylation is 1. The second-order valence-corrected chi connectivity index (χ2v) is 6.27. The van der Waals surface area contributed by atoms with Crippen LogP contribution in [-0.4, -0.2) is 28.8 Å². The molecule has 1 saturated carbocycles. The van der Waals surface area contributed by atoms with Gasteiger partial charge >= 0.3 is 5.97 Å². The molecule has 1 aliphatic heterocycles. The van der Waals surface area contributed by atoms with E-state index < -0.39 is 23.7 Å². The molecule has 1 aliphatic carbocycles. The number of carboxylic acids is 1. The van der Waals surface area contributed by atoms with Crippen LogP contribution in [0, 0.1) is 12.8 Å². The fourth-order valence-corrected chi connectivity index (χ4v) is 3.55. The Balaban J connectivity index is 1.97. The maximum absolute atomic E-state index is 12.3. The van der Waals surface area contributed by atoms with Crippen LogP contribution in [0.3, 0.4) is 0 Å². The largest absolute Gasteiger partial charge is 0.480 e. The van der Waals surface area contributed by atoms with Crippen LogP contribution in [0.1, 0.15) is 48.0 Å². The van der Waals surface area contributed by atoms with Gasteiger partial charge in [0, 0.05) is 0 Å². The molecule has 1 unspecified atom stereocenters. The zero-order chi connectivity index (χ0) is 15.9. The number of amides is 1. The molecule has 5 nitrogen and oxygen atoms in total. The molecule has 1 N–H and O–H groups in total. The van der Waals surface area contributed by atoms with Gasteiger partial charge in [-0.05, 0) is 37.0 Å². The third-order valence-electron chi connectivity index (χ3n) is 4.70. The van der Waals surface area contributed by atoms with Gasteiger partial charge in [0.15, 0.2) is 0 Å². The Morgan fingerprint density at radius 3 is 2.64 bits per heavy atom. The smallest absolute Gasteiger partial charge is 0.326 e. The van der Waals surface area contributed by atoms with Gasteiger partial charge in [0.25, 0.3) is 11.7 Å². The minimum Gasteiger partial charge on any atom is -0.480 e. The van der Waals surface area contributed by atoms with Crippen LogP contribution in [-0.2, 0) is 9.59 Å².